The number of carbonyl (C=O) groups excluding carboxylic acids is 1. The van der Waals surface area contributed by atoms with E-state index in [1.165, 1.54) is 0 Å². The molecule has 0 radical (unpaired) electrons. The Labute approximate surface area is 151 Å². The SMILES string of the molecule is O=C(NCc1ccc(Cl)cc1)N1CCC(n2cnc3ccccc32)C1. The molecule has 0 aliphatic carbocycles. The van der Waals surface area contributed by atoms with Gasteiger partial charge in [-0.25, -0.2) is 9.78 Å². The highest BCUT2D eigenvalue weighted by atomic mass is 35.5. The van der Waals surface area contributed by atoms with Crippen LogP contribution in [-0.2, 0) is 6.54 Å². The number of carbonyl (C=O) groups is 1. The van der Waals surface area contributed by atoms with E-state index in [1.807, 2.05) is 53.7 Å². The third-order valence-corrected chi connectivity index (χ3v) is 4.93. The summed E-state index contributed by atoms with van der Waals surface area (Å²) in [4.78, 5) is 18.7. The number of fused-ring (bicyclic) bond motifs is 1. The number of amides is 2. The molecule has 128 valence electrons. The maximum atomic E-state index is 12.4. The number of rotatable bonds is 3. The number of nitrogens with one attached hydrogen (secondary N) is 1. The molecular weight excluding hydrogens is 336 g/mol. The zero-order chi connectivity index (χ0) is 17.2. The number of urea groups is 1. The molecule has 4 rings (SSSR count). The summed E-state index contributed by atoms with van der Waals surface area (Å²) >= 11 is 5.88. The van der Waals surface area contributed by atoms with Crippen molar-refractivity contribution in [3.05, 3.63) is 65.4 Å². The van der Waals surface area contributed by atoms with Crippen LogP contribution in [0.4, 0.5) is 4.79 Å². The topological polar surface area (TPSA) is 50.2 Å². The van der Waals surface area contributed by atoms with Crippen molar-refractivity contribution >= 4 is 28.7 Å². The molecule has 1 aliphatic rings. The Bertz CT molecular complexity index is 890. The van der Waals surface area contributed by atoms with Crippen molar-refractivity contribution in [1.82, 2.24) is 19.8 Å². The fourth-order valence-electron chi connectivity index (χ4n) is 3.31. The molecule has 0 saturated carbocycles. The van der Waals surface area contributed by atoms with E-state index in [1.54, 1.807) is 0 Å². The Kier molecular flexibility index (Phi) is 4.32. The predicted molar refractivity (Wildman–Crippen MR) is 98.6 cm³/mol. The van der Waals surface area contributed by atoms with Gasteiger partial charge in [-0.3, -0.25) is 0 Å². The molecule has 25 heavy (non-hydrogen) atoms. The highest BCUT2D eigenvalue weighted by molar-refractivity contribution is 6.30. The van der Waals surface area contributed by atoms with Crippen molar-refractivity contribution in [2.24, 2.45) is 0 Å². The summed E-state index contributed by atoms with van der Waals surface area (Å²) in [6, 6.07) is 15.9. The first-order valence-corrected chi connectivity index (χ1v) is 8.77. The molecule has 1 unspecified atom stereocenters. The number of benzene rings is 2. The van der Waals surface area contributed by atoms with Gasteiger partial charge in [-0.15, -0.1) is 0 Å². The molecule has 2 aromatic carbocycles. The molecule has 1 saturated heterocycles. The Morgan fingerprint density at radius 3 is 2.84 bits per heavy atom. The molecule has 3 aromatic rings. The van der Waals surface area contributed by atoms with Crippen LogP contribution >= 0.6 is 11.6 Å². The monoisotopic (exact) mass is 354 g/mol. The largest absolute Gasteiger partial charge is 0.334 e. The van der Waals surface area contributed by atoms with Crippen molar-refractivity contribution in [3.63, 3.8) is 0 Å². The highest BCUT2D eigenvalue weighted by Crippen LogP contribution is 2.25. The lowest BCUT2D eigenvalue weighted by atomic mass is 10.2. The van der Waals surface area contributed by atoms with Gasteiger partial charge in [0.15, 0.2) is 0 Å². The number of halogens is 1. The summed E-state index contributed by atoms with van der Waals surface area (Å²) in [6.07, 6.45) is 2.82. The first-order valence-electron chi connectivity index (χ1n) is 8.39. The molecule has 1 aliphatic heterocycles. The fourth-order valence-corrected chi connectivity index (χ4v) is 3.44. The second kappa shape index (κ2) is 6.76. The number of imidazole rings is 1. The first-order chi connectivity index (χ1) is 12.2. The average Bonchev–Trinajstić information content (AvgIpc) is 3.27. The summed E-state index contributed by atoms with van der Waals surface area (Å²) in [7, 11) is 0. The number of aromatic nitrogens is 2. The summed E-state index contributed by atoms with van der Waals surface area (Å²) < 4.78 is 2.18. The molecule has 6 heteroatoms. The molecule has 2 amide bonds. The van der Waals surface area contributed by atoms with E-state index in [-0.39, 0.29) is 12.1 Å². The van der Waals surface area contributed by atoms with Gasteiger partial charge in [0.25, 0.3) is 0 Å². The van der Waals surface area contributed by atoms with Crippen LogP contribution in [0.25, 0.3) is 11.0 Å². The Balaban J connectivity index is 1.38. The van der Waals surface area contributed by atoms with Crippen molar-refractivity contribution in [3.8, 4) is 0 Å². The van der Waals surface area contributed by atoms with E-state index in [0.29, 0.717) is 18.1 Å². The number of para-hydroxylation sites is 2. The molecule has 0 spiro atoms. The zero-order valence-corrected chi connectivity index (χ0v) is 14.5. The molecular formula is C19H19ClN4O. The minimum atomic E-state index is -0.0260. The van der Waals surface area contributed by atoms with Gasteiger partial charge in [-0.05, 0) is 36.2 Å². The van der Waals surface area contributed by atoms with Crippen molar-refractivity contribution in [2.75, 3.05) is 13.1 Å². The lowest BCUT2D eigenvalue weighted by molar-refractivity contribution is 0.207. The average molecular weight is 355 g/mol. The van der Waals surface area contributed by atoms with Crippen LogP contribution in [-0.4, -0.2) is 33.6 Å². The molecule has 0 bridgehead atoms. The minimum absolute atomic E-state index is 0.0260. The maximum absolute atomic E-state index is 12.4. The quantitative estimate of drug-likeness (QED) is 0.776. The summed E-state index contributed by atoms with van der Waals surface area (Å²) in [5, 5.41) is 3.68. The van der Waals surface area contributed by atoms with Gasteiger partial charge in [-0.2, -0.15) is 0 Å². The van der Waals surface area contributed by atoms with Gasteiger partial charge in [0.05, 0.1) is 23.4 Å². The number of hydrogen-bond acceptors (Lipinski definition) is 2. The Morgan fingerprint density at radius 1 is 1.20 bits per heavy atom. The molecule has 1 aromatic heterocycles. The van der Waals surface area contributed by atoms with Gasteiger partial charge < -0.3 is 14.8 Å². The van der Waals surface area contributed by atoms with Crippen LogP contribution in [0.2, 0.25) is 5.02 Å². The molecule has 1 N–H and O–H groups in total. The van der Waals surface area contributed by atoms with Gasteiger partial charge >= 0.3 is 6.03 Å². The van der Waals surface area contributed by atoms with Crippen LogP contribution in [0, 0.1) is 0 Å². The van der Waals surface area contributed by atoms with Crippen LogP contribution < -0.4 is 5.32 Å². The van der Waals surface area contributed by atoms with Gasteiger partial charge in [0.1, 0.15) is 0 Å². The normalized spacial score (nSPS) is 17.2. The van der Waals surface area contributed by atoms with Gasteiger partial charge in [0, 0.05) is 24.7 Å². The van der Waals surface area contributed by atoms with Crippen LogP contribution in [0.5, 0.6) is 0 Å². The first kappa shape index (κ1) is 16.0. The smallest absolute Gasteiger partial charge is 0.317 e. The summed E-state index contributed by atoms with van der Waals surface area (Å²) in [5.74, 6) is 0. The van der Waals surface area contributed by atoms with Crippen LogP contribution in [0.15, 0.2) is 54.9 Å². The minimum Gasteiger partial charge on any atom is -0.334 e. The lowest BCUT2D eigenvalue weighted by Gasteiger charge is -2.18. The molecule has 5 nitrogen and oxygen atoms in total. The standard InChI is InChI=1S/C19H19ClN4O/c20-15-7-5-14(6-8-15)11-21-19(25)23-10-9-16(12-23)24-13-22-17-3-1-2-4-18(17)24/h1-8,13,16H,9-12H2,(H,21,25). The molecule has 1 fully saturated rings. The third kappa shape index (κ3) is 3.33. The van der Waals surface area contributed by atoms with Gasteiger partial charge in [-0.1, -0.05) is 35.9 Å². The van der Waals surface area contributed by atoms with E-state index in [9.17, 15) is 4.79 Å². The zero-order valence-electron chi connectivity index (χ0n) is 13.7. The number of hydrogen-bond donors (Lipinski definition) is 1. The van der Waals surface area contributed by atoms with E-state index >= 15 is 0 Å². The second-order valence-electron chi connectivity index (χ2n) is 6.31. The highest BCUT2D eigenvalue weighted by Gasteiger charge is 2.28. The van der Waals surface area contributed by atoms with Crippen LogP contribution in [0.1, 0.15) is 18.0 Å². The van der Waals surface area contributed by atoms with E-state index in [2.05, 4.69) is 20.9 Å². The van der Waals surface area contributed by atoms with Crippen LogP contribution in [0.3, 0.4) is 0 Å². The number of likely N-dealkylation sites (tertiary alicyclic amines) is 1. The number of nitrogens with zero attached hydrogens (tertiary/aromatic N) is 3. The van der Waals surface area contributed by atoms with Crippen molar-refractivity contribution in [1.29, 1.82) is 0 Å². The summed E-state index contributed by atoms with van der Waals surface area (Å²) in [6.45, 7) is 1.96. The Morgan fingerprint density at radius 2 is 2.00 bits per heavy atom. The fraction of sp³-hybridized carbons (Fsp3) is 0.263. The molecule has 1 atom stereocenters. The third-order valence-electron chi connectivity index (χ3n) is 4.68. The van der Waals surface area contributed by atoms with Crippen molar-refractivity contribution in [2.45, 2.75) is 19.0 Å². The predicted octanol–water partition coefficient (Wildman–Crippen LogP) is 3.85. The van der Waals surface area contributed by atoms with E-state index in [4.69, 9.17) is 11.6 Å². The van der Waals surface area contributed by atoms with Gasteiger partial charge in [0.2, 0.25) is 0 Å². The van der Waals surface area contributed by atoms with Crippen molar-refractivity contribution < 1.29 is 4.79 Å². The van der Waals surface area contributed by atoms with E-state index < -0.39 is 0 Å². The second-order valence-corrected chi connectivity index (χ2v) is 6.75. The summed E-state index contributed by atoms with van der Waals surface area (Å²) in [5.41, 5.74) is 3.15. The Hall–Kier alpha value is -2.53. The maximum Gasteiger partial charge on any atom is 0.317 e. The molecule has 2 heterocycles. The van der Waals surface area contributed by atoms with E-state index in [0.717, 1.165) is 29.6 Å². The lowest BCUT2D eigenvalue weighted by Crippen LogP contribution is -2.38.